The van der Waals surface area contributed by atoms with Gasteiger partial charge in [-0.05, 0) is 43.5 Å². The number of ether oxygens (including phenoxy) is 3. The Morgan fingerprint density at radius 2 is 1.79 bits per heavy atom. The summed E-state index contributed by atoms with van der Waals surface area (Å²) in [6.07, 6.45) is 1.78. The molecule has 0 radical (unpaired) electrons. The van der Waals surface area contributed by atoms with E-state index in [0.717, 1.165) is 6.42 Å². The Kier molecular flexibility index (Phi) is 9.17. The minimum atomic E-state index is -3.55. The number of benzene rings is 1. The number of carbonyl (C=O) groups is 1. The third-order valence-electron chi connectivity index (χ3n) is 4.72. The maximum absolute atomic E-state index is 12.7. The molecule has 8 nitrogen and oxygen atoms in total. The maximum Gasteiger partial charge on any atom is 0.243 e. The molecular formula is C19H30N2O6S. The van der Waals surface area contributed by atoms with Crippen molar-refractivity contribution < 1.29 is 27.4 Å². The van der Waals surface area contributed by atoms with Gasteiger partial charge in [-0.25, -0.2) is 8.42 Å². The molecule has 1 fully saturated rings. The van der Waals surface area contributed by atoms with Gasteiger partial charge in [0.05, 0.1) is 25.2 Å². The number of hydrogen-bond donors (Lipinski definition) is 1. The molecule has 0 atom stereocenters. The van der Waals surface area contributed by atoms with E-state index in [2.05, 4.69) is 5.32 Å². The minimum absolute atomic E-state index is 0.0154. The summed E-state index contributed by atoms with van der Waals surface area (Å²) in [7, 11) is -0.391. The Morgan fingerprint density at radius 3 is 2.39 bits per heavy atom. The predicted octanol–water partition coefficient (Wildman–Crippen LogP) is 1.27. The van der Waals surface area contributed by atoms with Crippen molar-refractivity contribution in [2.75, 3.05) is 53.7 Å². The predicted molar refractivity (Wildman–Crippen MR) is 105 cm³/mol. The van der Waals surface area contributed by atoms with E-state index in [-0.39, 0.29) is 16.7 Å². The Bertz CT molecular complexity index is 700. The number of carbonyl (C=O) groups excluding carboxylic acids is 1. The van der Waals surface area contributed by atoms with Gasteiger partial charge in [-0.3, -0.25) is 4.79 Å². The van der Waals surface area contributed by atoms with Crippen LogP contribution < -0.4 is 10.1 Å². The Morgan fingerprint density at radius 1 is 1.11 bits per heavy atom. The molecule has 1 aliphatic heterocycles. The summed E-state index contributed by atoms with van der Waals surface area (Å²) in [5, 5.41) is 2.91. The summed E-state index contributed by atoms with van der Waals surface area (Å²) in [6, 6.07) is 6.35. The van der Waals surface area contributed by atoms with Gasteiger partial charge in [0.25, 0.3) is 0 Å². The zero-order valence-electron chi connectivity index (χ0n) is 16.6. The van der Waals surface area contributed by atoms with Crippen LogP contribution in [-0.2, 0) is 24.3 Å². The molecule has 1 N–H and O–H groups in total. The second kappa shape index (κ2) is 11.4. The molecule has 0 aromatic heterocycles. The second-order valence-electron chi connectivity index (χ2n) is 6.60. The number of amides is 1. The maximum atomic E-state index is 12.7. The van der Waals surface area contributed by atoms with Crippen LogP contribution in [0.25, 0.3) is 0 Å². The molecule has 0 spiro atoms. The van der Waals surface area contributed by atoms with E-state index in [1.165, 1.54) is 11.4 Å². The molecule has 1 saturated heterocycles. The smallest absolute Gasteiger partial charge is 0.243 e. The summed E-state index contributed by atoms with van der Waals surface area (Å²) < 4.78 is 42.2. The first kappa shape index (κ1) is 22.6. The van der Waals surface area contributed by atoms with Crippen LogP contribution in [0, 0.1) is 5.92 Å². The number of hydrogen-bond acceptors (Lipinski definition) is 6. The van der Waals surface area contributed by atoms with Crippen molar-refractivity contribution in [3.8, 4) is 5.75 Å². The number of nitrogens with one attached hydrogen (secondary N) is 1. The van der Waals surface area contributed by atoms with Crippen molar-refractivity contribution in [1.82, 2.24) is 9.62 Å². The molecule has 1 aromatic rings. The van der Waals surface area contributed by atoms with Crippen molar-refractivity contribution in [3.05, 3.63) is 24.3 Å². The fourth-order valence-corrected chi connectivity index (χ4v) is 4.50. The fourth-order valence-electron chi connectivity index (χ4n) is 3.03. The normalized spacial score (nSPS) is 16.1. The highest BCUT2D eigenvalue weighted by Crippen LogP contribution is 2.25. The van der Waals surface area contributed by atoms with Crippen LogP contribution in [-0.4, -0.2) is 72.3 Å². The van der Waals surface area contributed by atoms with E-state index in [4.69, 9.17) is 14.2 Å². The summed E-state index contributed by atoms with van der Waals surface area (Å²) in [5.41, 5.74) is 0. The molecule has 158 valence electrons. The number of piperidine rings is 1. The van der Waals surface area contributed by atoms with E-state index < -0.39 is 10.0 Å². The molecule has 1 heterocycles. The molecule has 1 aromatic carbocycles. The van der Waals surface area contributed by atoms with Crippen LogP contribution in [0.2, 0.25) is 0 Å². The summed E-state index contributed by atoms with van der Waals surface area (Å²) in [6.45, 7) is 2.91. The SMILES string of the molecule is COCCOCCCNC(=O)C1CCN(S(=O)(=O)c2ccc(OC)cc2)CC1. The lowest BCUT2D eigenvalue weighted by Gasteiger charge is -2.30. The number of methoxy groups -OCH3 is 2. The lowest BCUT2D eigenvalue weighted by Crippen LogP contribution is -2.43. The van der Waals surface area contributed by atoms with Crippen molar-refractivity contribution in [3.63, 3.8) is 0 Å². The van der Waals surface area contributed by atoms with Crippen molar-refractivity contribution in [2.24, 2.45) is 5.92 Å². The van der Waals surface area contributed by atoms with Gasteiger partial charge in [-0.1, -0.05) is 0 Å². The highest BCUT2D eigenvalue weighted by molar-refractivity contribution is 7.89. The molecule has 1 aliphatic rings. The van der Waals surface area contributed by atoms with E-state index in [9.17, 15) is 13.2 Å². The molecule has 1 amide bonds. The highest BCUT2D eigenvalue weighted by Gasteiger charge is 2.31. The first-order valence-corrected chi connectivity index (χ1v) is 10.9. The molecule has 0 saturated carbocycles. The number of rotatable bonds is 11. The van der Waals surface area contributed by atoms with Gasteiger partial charge >= 0.3 is 0 Å². The monoisotopic (exact) mass is 414 g/mol. The molecule has 0 bridgehead atoms. The Hall–Kier alpha value is -1.68. The van der Waals surface area contributed by atoms with Crippen LogP contribution in [0.4, 0.5) is 0 Å². The van der Waals surface area contributed by atoms with Gasteiger partial charge in [0.2, 0.25) is 15.9 Å². The lowest BCUT2D eigenvalue weighted by atomic mass is 9.97. The van der Waals surface area contributed by atoms with Gasteiger partial charge in [-0.2, -0.15) is 4.31 Å². The van der Waals surface area contributed by atoms with E-state index >= 15 is 0 Å². The van der Waals surface area contributed by atoms with Gasteiger partial charge in [0.15, 0.2) is 0 Å². The van der Waals surface area contributed by atoms with Crippen molar-refractivity contribution in [2.45, 2.75) is 24.2 Å². The lowest BCUT2D eigenvalue weighted by molar-refractivity contribution is -0.126. The van der Waals surface area contributed by atoms with Crippen LogP contribution in [0.3, 0.4) is 0 Å². The van der Waals surface area contributed by atoms with Crippen LogP contribution in [0.15, 0.2) is 29.2 Å². The first-order valence-electron chi connectivity index (χ1n) is 9.47. The molecule has 9 heteroatoms. The zero-order chi connectivity index (χ0) is 20.4. The molecular weight excluding hydrogens is 384 g/mol. The first-order chi connectivity index (χ1) is 13.5. The molecule has 0 aliphatic carbocycles. The van der Waals surface area contributed by atoms with E-state index in [0.29, 0.717) is 58.0 Å². The van der Waals surface area contributed by atoms with E-state index in [1.807, 2.05) is 0 Å². The fraction of sp³-hybridized carbons (Fsp3) is 0.632. The average Bonchev–Trinajstić information content (AvgIpc) is 2.73. The third-order valence-corrected chi connectivity index (χ3v) is 6.63. The van der Waals surface area contributed by atoms with Gasteiger partial charge in [0, 0.05) is 39.3 Å². The summed E-state index contributed by atoms with van der Waals surface area (Å²) >= 11 is 0. The van der Waals surface area contributed by atoms with Gasteiger partial charge < -0.3 is 19.5 Å². The second-order valence-corrected chi connectivity index (χ2v) is 8.54. The van der Waals surface area contributed by atoms with Crippen molar-refractivity contribution in [1.29, 1.82) is 0 Å². The van der Waals surface area contributed by atoms with Crippen LogP contribution >= 0.6 is 0 Å². The standard InChI is InChI=1S/C19H30N2O6S/c1-25-14-15-27-13-3-10-20-19(22)16-8-11-21(12-9-16)28(23,24)18-6-4-17(26-2)5-7-18/h4-7,16H,3,8-15H2,1-2H3,(H,20,22). The van der Waals surface area contributed by atoms with Gasteiger partial charge in [0.1, 0.15) is 5.75 Å². The Labute approximate surface area is 167 Å². The quantitative estimate of drug-likeness (QED) is 0.548. The average molecular weight is 415 g/mol. The van der Waals surface area contributed by atoms with E-state index in [1.54, 1.807) is 31.4 Å². The molecule has 0 unspecified atom stereocenters. The largest absolute Gasteiger partial charge is 0.497 e. The number of nitrogens with zero attached hydrogens (tertiary/aromatic N) is 1. The van der Waals surface area contributed by atoms with Crippen LogP contribution in [0.5, 0.6) is 5.75 Å². The summed E-state index contributed by atoms with van der Waals surface area (Å²) in [4.78, 5) is 12.5. The molecule has 28 heavy (non-hydrogen) atoms. The number of sulfonamides is 1. The van der Waals surface area contributed by atoms with Gasteiger partial charge in [-0.15, -0.1) is 0 Å². The molecule has 2 rings (SSSR count). The van der Waals surface area contributed by atoms with Crippen LogP contribution in [0.1, 0.15) is 19.3 Å². The highest BCUT2D eigenvalue weighted by atomic mass is 32.2. The third kappa shape index (κ3) is 6.44. The minimum Gasteiger partial charge on any atom is -0.497 e. The topological polar surface area (TPSA) is 94.2 Å². The zero-order valence-corrected chi connectivity index (χ0v) is 17.4. The van der Waals surface area contributed by atoms with Crippen molar-refractivity contribution >= 4 is 15.9 Å². The Balaban J connectivity index is 1.74. The summed E-state index contributed by atoms with van der Waals surface area (Å²) in [5.74, 6) is 0.438.